The van der Waals surface area contributed by atoms with Gasteiger partial charge in [0.1, 0.15) is 12.6 Å². The fraction of sp³-hybridized carbons (Fsp3) is 0.286. The first kappa shape index (κ1) is 29.8. The Morgan fingerprint density at radius 2 is 1.59 bits per heavy atom. The first-order valence-electron chi connectivity index (χ1n) is 12.2. The summed E-state index contributed by atoms with van der Waals surface area (Å²) < 4.78 is 39.4. The standard InChI is InChI=1S/C28H32ClN3O6S/c1-5-30-28(34)20(2)31(18-21-11-9-10-14-24(21)29)27(33)19-32(39(35,36)23-12-7-6-8-13-23)22-15-16-25(37-3)26(17-22)38-4/h6-17,20H,5,18-19H2,1-4H3,(H,30,34)/t20-/m1/s1. The summed E-state index contributed by atoms with van der Waals surface area (Å²) in [6.45, 7) is 3.16. The van der Waals surface area contributed by atoms with Gasteiger partial charge in [-0.2, -0.15) is 0 Å². The molecule has 0 bridgehead atoms. The van der Waals surface area contributed by atoms with Crippen LogP contribution in [0.3, 0.4) is 0 Å². The minimum absolute atomic E-state index is 0.00186. The molecule has 0 saturated carbocycles. The highest BCUT2D eigenvalue weighted by Gasteiger charge is 2.33. The fourth-order valence-electron chi connectivity index (χ4n) is 3.94. The highest BCUT2D eigenvalue weighted by Crippen LogP contribution is 2.34. The summed E-state index contributed by atoms with van der Waals surface area (Å²) in [5.41, 5.74) is 0.806. The largest absolute Gasteiger partial charge is 0.493 e. The number of nitrogens with zero attached hydrogens (tertiary/aromatic N) is 2. The number of amides is 2. The molecule has 1 atom stereocenters. The van der Waals surface area contributed by atoms with Gasteiger partial charge >= 0.3 is 0 Å². The van der Waals surface area contributed by atoms with Gasteiger partial charge in [0.25, 0.3) is 10.0 Å². The van der Waals surface area contributed by atoms with Crippen LogP contribution in [0.2, 0.25) is 5.02 Å². The zero-order valence-corrected chi connectivity index (χ0v) is 23.8. The number of rotatable bonds is 12. The number of carbonyl (C=O) groups excluding carboxylic acids is 2. The van der Waals surface area contributed by atoms with Gasteiger partial charge in [-0.05, 0) is 49.7 Å². The van der Waals surface area contributed by atoms with E-state index >= 15 is 0 Å². The molecule has 0 radical (unpaired) electrons. The van der Waals surface area contributed by atoms with Gasteiger partial charge in [0, 0.05) is 24.2 Å². The Morgan fingerprint density at radius 3 is 2.21 bits per heavy atom. The van der Waals surface area contributed by atoms with E-state index in [1.165, 1.54) is 43.4 Å². The van der Waals surface area contributed by atoms with Gasteiger partial charge in [-0.3, -0.25) is 13.9 Å². The zero-order valence-electron chi connectivity index (χ0n) is 22.3. The first-order chi connectivity index (χ1) is 18.6. The summed E-state index contributed by atoms with van der Waals surface area (Å²) >= 11 is 6.36. The van der Waals surface area contributed by atoms with Crippen molar-refractivity contribution in [1.82, 2.24) is 10.2 Å². The molecular formula is C28H32ClN3O6S. The van der Waals surface area contributed by atoms with E-state index in [0.29, 0.717) is 28.6 Å². The molecule has 0 saturated heterocycles. The van der Waals surface area contributed by atoms with Crippen LogP contribution in [0.5, 0.6) is 11.5 Å². The summed E-state index contributed by atoms with van der Waals surface area (Å²) in [4.78, 5) is 28.0. The van der Waals surface area contributed by atoms with Crippen molar-refractivity contribution in [2.24, 2.45) is 0 Å². The van der Waals surface area contributed by atoms with Crippen molar-refractivity contribution in [3.8, 4) is 11.5 Å². The average Bonchev–Trinajstić information content (AvgIpc) is 2.95. The number of hydrogen-bond donors (Lipinski definition) is 1. The summed E-state index contributed by atoms with van der Waals surface area (Å²) in [6, 6.07) is 18.4. The van der Waals surface area contributed by atoms with Crippen LogP contribution in [0.15, 0.2) is 77.7 Å². The van der Waals surface area contributed by atoms with Crippen molar-refractivity contribution in [2.75, 3.05) is 31.6 Å². The Balaban J connectivity index is 2.09. The summed E-state index contributed by atoms with van der Waals surface area (Å²) in [6.07, 6.45) is 0. The van der Waals surface area contributed by atoms with Crippen molar-refractivity contribution in [3.05, 3.63) is 83.4 Å². The van der Waals surface area contributed by atoms with Crippen molar-refractivity contribution in [2.45, 2.75) is 31.3 Å². The molecule has 1 N–H and O–H groups in total. The van der Waals surface area contributed by atoms with Gasteiger partial charge in [0.05, 0.1) is 24.8 Å². The van der Waals surface area contributed by atoms with Gasteiger partial charge in [-0.25, -0.2) is 8.42 Å². The molecule has 0 unspecified atom stereocenters. The number of benzene rings is 3. The van der Waals surface area contributed by atoms with E-state index in [1.807, 2.05) is 0 Å². The van der Waals surface area contributed by atoms with Crippen molar-refractivity contribution < 1.29 is 27.5 Å². The lowest BCUT2D eigenvalue weighted by Gasteiger charge is -2.32. The third kappa shape index (κ3) is 7.01. The van der Waals surface area contributed by atoms with Gasteiger partial charge in [0.2, 0.25) is 11.8 Å². The molecule has 0 aliphatic heterocycles. The normalized spacial score (nSPS) is 11.8. The fourth-order valence-corrected chi connectivity index (χ4v) is 5.57. The minimum Gasteiger partial charge on any atom is -0.493 e. The number of ether oxygens (including phenoxy) is 2. The van der Waals surface area contributed by atoms with Gasteiger partial charge in [0.15, 0.2) is 11.5 Å². The molecule has 11 heteroatoms. The second-order valence-corrected chi connectivity index (χ2v) is 10.8. The van der Waals surface area contributed by atoms with Crippen LogP contribution in [0.4, 0.5) is 5.69 Å². The van der Waals surface area contributed by atoms with Crippen LogP contribution in [0, 0.1) is 0 Å². The molecule has 208 valence electrons. The Bertz CT molecular complexity index is 1400. The van der Waals surface area contributed by atoms with E-state index < -0.39 is 28.5 Å². The van der Waals surface area contributed by atoms with Crippen LogP contribution in [0.25, 0.3) is 0 Å². The quantitative estimate of drug-likeness (QED) is 0.350. The number of halogens is 1. The highest BCUT2D eigenvalue weighted by atomic mass is 35.5. The predicted octanol–water partition coefficient (Wildman–Crippen LogP) is 4.11. The van der Waals surface area contributed by atoms with Gasteiger partial charge in [-0.1, -0.05) is 48.0 Å². The lowest BCUT2D eigenvalue weighted by atomic mass is 10.1. The maximum Gasteiger partial charge on any atom is 0.264 e. The number of methoxy groups -OCH3 is 2. The Labute approximate surface area is 234 Å². The Morgan fingerprint density at radius 1 is 0.949 bits per heavy atom. The van der Waals surface area contributed by atoms with Crippen LogP contribution in [-0.4, -0.2) is 58.5 Å². The number of likely N-dealkylation sites (N-methyl/N-ethyl adjacent to an activating group) is 1. The lowest BCUT2D eigenvalue weighted by molar-refractivity contribution is -0.139. The summed E-state index contributed by atoms with van der Waals surface area (Å²) in [5.74, 6) is -0.279. The summed E-state index contributed by atoms with van der Waals surface area (Å²) in [5, 5.41) is 3.14. The first-order valence-corrected chi connectivity index (χ1v) is 14.1. The number of carbonyl (C=O) groups is 2. The molecule has 0 fully saturated rings. The van der Waals surface area contributed by atoms with E-state index in [-0.39, 0.29) is 23.0 Å². The van der Waals surface area contributed by atoms with Crippen molar-refractivity contribution in [1.29, 1.82) is 0 Å². The molecule has 2 amide bonds. The van der Waals surface area contributed by atoms with Crippen molar-refractivity contribution >= 4 is 39.1 Å². The second kappa shape index (κ2) is 13.3. The van der Waals surface area contributed by atoms with Crippen LogP contribution in [-0.2, 0) is 26.2 Å². The monoisotopic (exact) mass is 573 g/mol. The van der Waals surface area contributed by atoms with Gasteiger partial charge < -0.3 is 19.7 Å². The molecule has 0 aliphatic rings. The van der Waals surface area contributed by atoms with E-state index in [2.05, 4.69) is 5.32 Å². The van der Waals surface area contributed by atoms with Crippen LogP contribution >= 0.6 is 11.6 Å². The average molecular weight is 574 g/mol. The maximum atomic E-state index is 13.9. The number of nitrogens with one attached hydrogen (secondary N) is 1. The lowest BCUT2D eigenvalue weighted by Crippen LogP contribution is -2.51. The van der Waals surface area contributed by atoms with E-state index in [0.717, 1.165) is 4.31 Å². The van der Waals surface area contributed by atoms with E-state index in [1.54, 1.807) is 62.4 Å². The molecule has 0 aliphatic carbocycles. The Hall–Kier alpha value is -3.76. The van der Waals surface area contributed by atoms with Crippen LogP contribution in [0.1, 0.15) is 19.4 Å². The van der Waals surface area contributed by atoms with Gasteiger partial charge in [-0.15, -0.1) is 0 Å². The number of hydrogen-bond acceptors (Lipinski definition) is 6. The molecular weight excluding hydrogens is 542 g/mol. The molecule has 0 heterocycles. The van der Waals surface area contributed by atoms with Crippen molar-refractivity contribution in [3.63, 3.8) is 0 Å². The molecule has 0 aromatic heterocycles. The minimum atomic E-state index is -4.20. The zero-order chi connectivity index (χ0) is 28.6. The third-order valence-corrected chi connectivity index (χ3v) is 8.24. The predicted molar refractivity (Wildman–Crippen MR) is 151 cm³/mol. The molecule has 39 heavy (non-hydrogen) atoms. The molecule has 3 rings (SSSR count). The SMILES string of the molecule is CCNC(=O)[C@@H](C)N(Cc1ccccc1Cl)C(=O)CN(c1ccc(OC)c(OC)c1)S(=O)(=O)c1ccccc1. The number of sulfonamides is 1. The number of anilines is 1. The summed E-state index contributed by atoms with van der Waals surface area (Å²) in [7, 11) is -1.30. The van der Waals surface area contributed by atoms with Crippen LogP contribution < -0.4 is 19.1 Å². The Kier molecular flexibility index (Phi) is 10.2. The molecule has 9 nitrogen and oxygen atoms in total. The molecule has 3 aromatic carbocycles. The highest BCUT2D eigenvalue weighted by molar-refractivity contribution is 7.92. The second-order valence-electron chi connectivity index (χ2n) is 8.55. The van der Waals surface area contributed by atoms with E-state index in [4.69, 9.17) is 21.1 Å². The topological polar surface area (TPSA) is 105 Å². The smallest absolute Gasteiger partial charge is 0.264 e. The third-order valence-electron chi connectivity index (χ3n) is 6.08. The maximum absolute atomic E-state index is 13.9. The van der Waals surface area contributed by atoms with E-state index in [9.17, 15) is 18.0 Å². The molecule has 0 spiro atoms. The molecule has 3 aromatic rings.